The summed E-state index contributed by atoms with van der Waals surface area (Å²) in [7, 11) is 0. The number of H-pyrrole nitrogens is 1. The van der Waals surface area contributed by atoms with Crippen molar-refractivity contribution >= 4 is 28.6 Å². The van der Waals surface area contributed by atoms with Crippen LogP contribution in [0.4, 0.5) is 0 Å². The molecule has 0 spiro atoms. The molecule has 1 heterocycles. The molecule has 4 nitrogen and oxygen atoms in total. The maximum Gasteiger partial charge on any atom is 0.315 e. The summed E-state index contributed by atoms with van der Waals surface area (Å²) in [5.74, 6) is -1.63. The van der Waals surface area contributed by atoms with Crippen LogP contribution in [0.2, 0.25) is 5.02 Å². The second kappa shape index (κ2) is 4.98. The lowest BCUT2D eigenvalue weighted by molar-refractivity contribution is -0.137. The molecule has 1 atom stereocenters. The zero-order valence-corrected chi connectivity index (χ0v) is 11.1. The molecule has 0 radical (unpaired) electrons. The van der Waals surface area contributed by atoms with E-state index in [1.807, 2.05) is 6.07 Å². The van der Waals surface area contributed by atoms with Gasteiger partial charge in [-0.05, 0) is 35.4 Å². The van der Waals surface area contributed by atoms with Crippen molar-refractivity contribution in [3.8, 4) is 0 Å². The standard InChI is InChI=1S/C15H11ClN2O2/c16-11-4-1-9(2-5-11)14(15(19)20)10-3-6-12-13(7-10)18-8-17-12/h1-8,14H,(H,17,18)(H,19,20). The van der Waals surface area contributed by atoms with Crippen LogP contribution in [0.15, 0.2) is 48.8 Å². The second-order valence-corrected chi connectivity index (χ2v) is 4.94. The number of hydrogen-bond donors (Lipinski definition) is 2. The predicted octanol–water partition coefficient (Wildman–Crippen LogP) is 3.43. The van der Waals surface area contributed by atoms with E-state index in [0.717, 1.165) is 11.0 Å². The molecule has 20 heavy (non-hydrogen) atoms. The van der Waals surface area contributed by atoms with Gasteiger partial charge in [0.1, 0.15) is 5.92 Å². The van der Waals surface area contributed by atoms with Gasteiger partial charge in [-0.3, -0.25) is 4.79 Å². The average molecular weight is 287 g/mol. The van der Waals surface area contributed by atoms with Crippen LogP contribution in [0.1, 0.15) is 17.0 Å². The van der Waals surface area contributed by atoms with Crippen LogP contribution in [0.5, 0.6) is 0 Å². The quantitative estimate of drug-likeness (QED) is 0.775. The summed E-state index contributed by atoms with van der Waals surface area (Å²) in [6, 6.07) is 12.3. The molecular weight excluding hydrogens is 276 g/mol. The van der Waals surface area contributed by atoms with E-state index in [1.165, 1.54) is 0 Å². The lowest BCUT2D eigenvalue weighted by Gasteiger charge is -2.13. The first-order valence-corrected chi connectivity index (χ1v) is 6.44. The third-order valence-corrected chi connectivity index (χ3v) is 3.48. The van der Waals surface area contributed by atoms with Crippen LogP contribution in [0.25, 0.3) is 11.0 Å². The van der Waals surface area contributed by atoms with E-state index in [1.54, 1.807) is 42.7 Å². The molecule has 0 saturated heterocycles. The molecule has 0 fully saturated rings. The minimum atomic E-state index is -0.901. The van der Waals surface area contributed by atoms with E-state index in [2.05, 4.69) is 9.97 Å². The molecule has 0 aliphatic heterocycles. The van der Waals surface area contributed by atoms with Gasteiger partial charge < -0.3 is 10.1 Å². The van der Waals surface area contributed by atoms with Crippen molar-refractivity contribution in [3.63, 3.8) is 0 Å². The molecule has 100 valence electrons. The Kier molecular flexibility index (Phi) is 3.16. The van der Waals surface area contributed by atoms with Crippen LogP contribution in [-0.4, -0.2) is 21.0 Å². The van der Waals surface area contributed by atoms with Gasteiger partial charge in [0.25, 0.3) is 0 Å². The molecule has 0 aliphatic carbocycles. The Morgan fingerprint density at radius 1 is 1.15 bits per heavy atom. The number of nitrogens with one attached hydrogen (secondary N) is 1. The predicted molar refractivity (Wildman–Crippen MR) is 77.0 cm³/mol. The molecule has 1 aromatic heterocycles. The Morgan fingerprint density at radius 3 is 2.55 bits per heavy atom. The van der Waals surface area contributed by atoms with Crippen LogP contribution in [-0.2, 0) is 4.79 Å². The number of benzene rings is 2. The van der Waals surface area contributed by atoms with Crippen molar-refractivity contribution in [2.24, 2.45) is 0 Å². The molecule has 0 bridgehead atoms. The summed E-state index contributed by atoms with van der Waals surface area (Å²) >= 11 is 5.84. The monoisotopic (exact) mass is 286 g/mol. The van der Waals surface area contributed by atoms with Crippen molar-refractivity contribution < 1.29 is 9.90 Å². The Balaban J connectivity index is 2.09. The van der Waals surface area contributed by atoms with E-state index >= 15 is 0 Å². The van der Waals surface area contributed by atoms with Crippen molar-refractivity contribution in [1.29, 1.82) is 0 Å². The maximum absolute atomic E-state index is 11.6. The topological polar surface area (TPSA) is 66.0 Å². The number of rotatable bonds is 3. The third kappa shape index (κ3) is 2.26. The van der Waals surface area contributed by atoms with Gasteiger partial charge in [-0.2, -0.15) is 0 Å². The number of fused-ring (bicyclic) bond motifs is 1. The number of carbonyl (C=O) groups is 1. The lowest BCUT2D eigenvalue weighted by atomic mass is 9.91. The highest BCUT2D eigenvalue weighted by atomic mass is 35.5. The van der Waals surface area contributed by atoms with Gasteiger partial charge in [0, 0.05) is 5.02 Å². The first kappa shape index (κ1) is 12.7. The van der Waals surface area contributed by atoms with Gasteiger partial charge in [0.15, 0.2) is 0 Å². The van der Waals surface area contributed by atoms with Crippen LogP contribution < -0.4 is 0 Å². The number of aromatic nitrogens is 2. The number of carboxylic acids is 1. The summed E-state index contributed by atoms with van der Waals surface area (Å²) in [5.41, 5.74) is 3.02. The molecule has 2 N–H and O–H groups in total. The zero-order valence-electron chi connectivity index (χ0n) is 10.4. The zero-order chi connectivity index (χ0) is 14.1. The van der Waals surface area contributed by atoms with Gasteiger partial charge >= 0.3 is 5.97 Å². The van der Waals surface area contributed by atoms with Gasteiger partial charge in [0.05, 0.1) is 17.4 Å². The first-order valence-electron chi connectivity index (χ1n) is 6.06. The SMILES string of the molecule is O=C(O)C(c1ccc(Cl)cc1)c1ccc2[nH]cnc2c1. The van der Waals surface area contributed by atoms with Crippen molar-refractivity contribution in [3.05, 3.63) is 64.9 Å². The van der Waals surface area contributed by atoms with Crippen molar-refractivity contribution in [2.45, 2.75) is 5.92 Å². The highest BCUT2D eigenvalue weighted by molar-refractivity contribution is 6.30. The van der Waals surface area contributed by atoms with E-state index in [0.29, 0.717) is 16.1 Å². The molecule has 0 amide bonds. The summed E-state index contributed by atoms with van der Waals surface area (Å²) in [6.45, 7) is 0. The molecular formula is C15H11ClN2O2. The number of aromatic amines is 1. The number of halogens is 1. The summed E-state index contributed by atoms with van der Waals surface area (Å²) < 4.78 is 0. The van der Waals surface area contributed by atoms with E-state index < -0.39 is 11.9 Å². The molecule has 2 aromatic carbocycles. The molecule has 3 rings (SSSR count). The molecule has 0 saturated carbocycles. The van der Waals surface area contributed by atoms with Gasteiger partial charge in [-0.25, -0.2) is 4.98 Å². The molecule has 0 aliphatic rings. The third-order valence-electron chi connectivity index (χ3n) is 3.23. The first-order chi connectivity index (χ1) is 9.65. The summed E-state index contributed by atoms with van der Waals surface area (Å²) in [4.78, 5) is 18.7. The maximum atomic E-state index is 11.6. The largest absolute Gasteiger partial charge is 0.481 e. The number of imidazole rings is 1. The fourth-order valence-electron chi connectivity index (χ4n) is 2.26. The fraction of sp³-hybridized carbons (Fsp3) is 0.0667. The molecule has 1 unspecified atom stereocenters. The van der Waals surface area contributed by atoms with Crippen molar-refractivity contribution in [2.75, 3.05) is 0 Å². The van der Waals surface area contributed by atoms with Gasteiger partial charge in [-0.1, -0.05) is 29.8 Å². The Morgan fingerprint density at radius 2 is 1.85 bits per heavy atom. The smallest absolute Gasteiger partial charge is 0.315 e. The number of nitrogens with zero attached hydrogens (tertiary/aromatic N) is 1. The van der Waals surface area contributed by atoms with E-state index in [4.69, 9.17) is 11.6 Å². The minimum absolute atomic E-state index is 0.584. The molecule has 3 aromatic rings. The second-order valence-electron chi connectivity index (χ2n) is 4.50. The number of hydrogen-bond acceptors (Lipinski definition) is 2. The lowest BCUT2D eigenvalue weighted by Crippen LogP contribution is -2.13. The average Bonchev–Trinajstić information content (AvgIpc) is 2.88. The number of aliphatic carboxylic acids is 1. The van der Waals surface area contributed by atoms with Gasteiger partial charge in [-0.15, -0.1) is 0 Å². The molecule has 5 heteroatoms. The van der Waals surface area contributed by atoms with Crippen LogP contribution >= 0.6 is 11.6 Å². The summed E-state index contributed by atoms with van der Waals surface area (Å²) in [6.07, 6.45) is 1.59. The van der Waals surface area contributed by atoms with Crippen molar-refractivity contribution in [1.82, 2.24) is 9.97 Å². The summed E-state index contributed by atoms with van der Waals surface area (Å²) in [5, 5.41) is 10.1. The Hall–Kier alpha value is -2.33. The Bertz CT molecular complexity index is 765. The fourth-order valence-corrected chi connectivity index (χ4v) is 2.39. The highest BCUT2D eigenvalue weighted by Gasteiger charge is 2.22. The Labute approximate surface area is 120 Å². The minimum Gasteiger partial charge on any atom is -0.481 e. The van der Waals surface area contributed by atoms with Gasteiger partial charge in [0.2, 0.25) is 0 Å². The number of carboxylic acid groups (broad SMARTS) is 1. The van der Waals surface area contributed by atoms with Crippen LogP contribution in [0, 0.1) is 0 Å². The normalized spacial score (nSPS) is 12.4. The van der Waals surface area contributed by atoms with E-state index in [-0.39, 0.29) is 0 Å². The van der Waals surface area contributed by atoms with Crippen LogP contribution in [0.3, 0.4) is 0 Å². The van der Waals surface area contributed by atoms with E-state index in [9.17, 15) is 9.90 Å². The highest BCUT2D eigenvalue weighted by Crippen LogP contribution is 2.28.